The Hall–Kier alpha value is -7.76. The van der Waals surface area contributed by atoms with Gasteiger partial charge < -0.3 is 9.52 Å². The number of hydrogen-bond donors (Lipinski definition) is 1. The van der Waals surface area contributed by atoms with Gasteiger partial charge in [-0.2, -0.15) is 0 Å². The normalized spacial score (nSPS) is 12.2. The lowest BCUT2D eigenvalue weighted by molar-refractivity contribution is 0.477. The van der Waals surface area contributed by atoms with Crippen molar-refractivity contribution in [3.8, 4) is 56.3 Å². The Balaban J connectivity index is 1.18. The molecule has 0 saturated heterocycles. The molecule has 11 rings (SSSR count). The molecule has 0 atom stereocenters. The Morgan fingerprint density at radius 3 is 2.03 bits per heavy atom. The first-order chi connectivity index (χ1) is 31.0. The Morgan fingerprint density at radius 1 is 0.516 bits per heavy atom. The maximum absolute atomic E-state index is 11.5. The Bertz CT molecular complexity index is 3570. The van der Waals surface area contributed by atoms with E-state index < -0.39 is 0 Å². The quantitative estimate of drug-likeness (QED) is 0.174. The van der Waals surface area contributed by atoms with Crippen LogP contribution in [-0.4, -0.2) is 19.6 Å². The van der Waals surface area contributed by atoms with E-state index in [1.54, 1.807) is 6.07 Å². The second-order valence-corrected chi connectivity index (χ2v) is 18.4. The van der Waals surface area contributed by atoms with Crippen molar-refractivity contribution in [3.05, 3.63) is 205 Å². The lowest BCUT2D eigenvalue weighted by Gasteiger charge is -2.27. The minimum absolute atomic E-state index is 0.0686. The summed E-state index contributed by atoms with van der Waals surface area (Å²) in [5.41, 5.74) is 14.2. The van der Waals surface area contributed by atoms with E-state index in [2.05, 4.69) is 197 Å². The lowest BCUT2D eigenvalue weighted by atomic mass is 9.76. The zero-order valence-electron chi connectivity index (χ0n) is 36.6. The summed E-state index contributed by atoms with van der Waals surface area (Å²) in [7, 11) is 0. The molecule has 64 heavy (non-hydrogen) atoms. The van der Waals surface area contributed by atoms with Gasteiger partial charge in [0.05, 0.1) is 34.2 Å². The molecule has 0 fully saturated rings. The van der Waals surface area contributed by atoms with Crippen molar-refractivity contribution in [3.63, 3.8) is 0 Å². The van der Waals surface area contributed by atoms with E-state index in [4.69, 9.17) is 14.4 Å². The second kappa shape index (κ2) is 15.0. The van der Waals surface area contributed by atoms with E-state index in [-0.39, 0.29) is 16.6 Å². The standard InChI is InChI=1S/C59H47N3O2/c1-58(2,3)42-28-29-50(47(34-42)37-17-8-6-9-18-37)62-51-25-16-24-45(56(51)61-57(62)46-23-14-15-26-52(46)63)39-31-40(33-43(32-39)59(4,5)41-20-10-7-11-21-41)49-35-48-54(36-60-49)64-53-30-27-38-19-12-13-22-44(38)55(48)53/h6-36,63H,1-5H3. The predicted molar refractivity (Wildman–Crippen MR) is 264 cm³/mol. The van der Waals surface area contributed by atoms with Crippen LogP contribution in [0.1, 0.15) is 51.3 Å². The number of aromatic hydroxyl groups is 1. The zero-order chi connectivity index (χ0) is 43.7. The molecule has 0 unspecified atom stereocenters. The summed E-state index contributed by atoms with van der Waals surface area (Å²) >= 11 is 0. The van der Waals surface area contributed by atoms with E-state index in [1.807, 2.05) is 24.4 Å². The zero-order valence-corrected chi connectivity index (χ0v) is 36.6. The van der Waals surface area contributed by atoms with E-state index in [0.717, 1.165) is 83.1 Å². The fraction of sp³-hybridized carbons (Fsp3) is 0.119. The van der Waals surface area contributed by atoms with Gasteiger partial charge in [0.25, 0.3) is 0 Å². The Morgan fingerprint density at radius 2 is 1.23 bits per heavy atom. The van der Waals surface area contributed by atoms with E-state index >= 15 is 0 Å². The molecule has 0 aliphatic heterocycles. The summed E-state index contributed by atoms with van der Waals surface area (Å²) < 4.78 is 8.62. The monoisotopic (exact) mass is 829 g/mol. The molecule has 11 aromatic rings. The van der Waals surface area contributed by atoms with Crippen molar-refractivity contribution < 1.29 is 9.52 Å². The highest BCUT2D eigenvalue weighted by molar-refractivity contribution is 6.19. The van der Waals surface area contributed by atoms with Gasteiger partial charge in [-0.25, -0.2) is 4.98 Å². The van der Waals surface area contributed by atoms with Crippen LogP contribution in [0, 0.1) is 0 Å². The smallest absolute Gasteiger partial charge is 0.153 e. The molecule has 5 heteroatoms. The first-order valence-corrected chi connectivity index (χ1v) is 21.9. The summed E-state index contributed by atoms with van der Waals surface area (Å²) in [5, 5.41) is 15.9. The Kier molecular flexibility index (Phi) is 9.14. The molecule has 0 aliphatic rings. The minimum atomic E-state index is -0.359. The van der Waals surface area contributed by atoms with Crippen LogP contribution in [0.3, 0.4) is 0 Å². The number of fused-ring (bicyclic) bond motifs is 6. The molecule has 0 radical (unpaired) electrons. The molecular formula is C59H47N3O2. The maximum Gasteiger partial charge on any atom is 0.153 e. The summed E-state index contributed by atoms with van der Waals surface area (Å²) in [4.78, 5) is 10.6. The summed E-state index contributed by atoms with van der Waals surface area (Å²) in [6.45, 7) is 11.3. The third-order valence-corrected chi connectivity index (χ3v) is 13.0. The van der Waals surface area contributed by atoms with Gasteiger partial charge in [-0.05, 0) is 98.6 Å². The summed E-state index contributed by atoms with van der Waals surface area (Å²) in [6, 6.07) is 63.6. The highest BCUT2D eigenvalue weighted by Gasteiger charge is 2.27. The van der Waals surface area contributed by atoms with Gasteiger partial charge >= 0.3 is 0 Å². The number of hydrogen-bond acceptors (Lipinski definition) is 4. The number of furan rings is 1. The van der Waals surface area contributed by atoms with Crippen LogP contribution >= 0.6 is 0 Å². The number of benzene rings is 8. The van der Waals surface area contributed by atoms with Crippen molar-refractivity contribution in [2.45, 2.75) is 45.4 Å². The van der Waals surface area contributed by atoms with Crippen LogP contribution in [0.4, 0.5) is 0 Å². The van der Waals surface area contributed by atoms with Gasteiger partial charge in [0.1, 0.15) is 17.2 Å². The first kappa shape index (κ1) is 39.1. The second-order valence-electron chi connectivity index (χ2n) is 18.4. The molecule has 0 amide bonds. The van der Waals surface area contributed by atoms with Crippen molar-refractivity contribution in [2.75, 3.05) is 0 Å². The van der Waals surface area contributed by atoms with Crippen molar-refractivity contribution in [2.24, 2.45) is 0 Å². The minimum Gasteiger partial charge on any atom is -0.507 e. The molecule has 3 aromatic heterocycles. The first-order valence-electron chi connectivity index (χ1n) is 21.9. The van der Waals surface area contributed by atoms with Crippen LogP contribution < -0.4 is 0 Å². The van der Waals surface area contributed by atoms with Gasteiger partial charge in [-0.3, -0.25) is 9.55 Å². The molecule has 0 aliphatic carbocycles. The number of aromatic nitrogens is 3. The number of para-hydroxylation sites is 2. The number of rotatable bonds is 7. The average Bonchev–Trinajstić information content (AvgIpc) is 3.90. The van der Waals surface area contributed by atoms with Crippen molar-refractivity contribution in [1.82, 2.24) is 14.5 Å². The number of nitrogens with zero attached hydrogens (tertiary/aromatic N) is 3. The molecule has 3 heterocycles. The van der Waals surface area contributed by atoms with Gasteiger partial charge in [-0.1, -0.05) is 162 Å². The lowest BCUT2D eigenvalue weighted by Crippen LogP contribution is -2.19. The van der Waals surface area contributed by atoms with Crippen molar-refractivity contribution in [1.29, 1.82) is 0 Å². The van der Waals surface area contributed by atoms with Gasteiger partial charge in [-0.15, -0.1) is 0 Å². The fourth-order valence-corrected chi connectivity index (χ4v) is 9.39. The summed E-state index contributed by atoms with van der Waals surface area (Å²) in [5.74, 6) is 0.830. The predicted octanol–water partition coefficient (Wildman–Crippen LogP) is 15.5. The van der Waals surface area contributed by atoms with E-state index in [0.29, 0.717) is 11.4 Å². The largest absolute Gasteiger partial charge is 0.507 e. The van der Waals surface area contributed by atoms with Crippen molar-refractivity contribution >= 4 is 43.7 Å². The van der Waals surface area contributed by atoms with Crippen LogP contribution in [0.15, 0.2) is 193 Å². The molecule has 310 valence electrons. The molecule has 1 N–H and O–H groups in total. The average molecular weight is 830 g/mol. The molecular weight excluding hydrogens is 783 g/mol. The SMILES string of the molecule is CC(C)(C)c1ccc(-n2c(-c3ccccc3O)nc3c(-c4cc(-c5cc6c(cn5)oc5ccc7ccccc7c56)cc(C(C)(C)c5ccccc5)c4)cccc32)c(-c2ccccc2)c1. The third-order valence-electron chi connectivity index (χ3n) is 13.0. The van der Waals surface area contributed by atoms with E-state index in [9.17, 15) is 5.11 Å². The van der Waals surface area contributed by atoms with Crippen LogP contribution in [0.2, 0.25) is 0 Å². The highest BCUT2D eigenvalue weighted by atomic mass is 16.3. The fourth-order valence-electron chi connectivity index (χ4n) is 9.39. The number of imidazole rings is 1. The molecule has 0 saturated carbocycles. The summed E-state index contributed by atoms with van der Waals surface area (Å²) in [6.07, 6.45) is 1.87. The number of phenols is 1. The van der Waals surface area contributed by atoms with Crippen LogP contribution in [0.25, 0.3) is 94.3 Å². The molecule has 0 bridgehead atoms. The molecule has 0 spiro atoms. The number of pyridine rings is 1. The molecule has 8 aromatic carbocycles. The Labute approximate surface area is 373 Å². The maximum atomic E-state index is 11.5. The molecule has 5 nitrogen and oxygen atoms in total. The highest BCUT2D eigenvalue weighted by Crippen LogP contribution is 2.44. The third kappa shape index (κ3) is 6.55. The van der Waals surface area contributed by atoms with Gasteiger partial charge in [0.2, 0.25) is 0 Å². The van der Waals surface area contributed by atoms with E-state index in [1.165, 1.54) is 16.5 Å². The van der Waals surface area contributed by atoms with Gasteiger partial charge in [0, 0.05) is 32.9 Å². The van der Waals surface area contributed by atoms with Crippen LogP contribution in [-0.2, 0) is 10.8 Å². The topological polar surface area (TPSA) is 64.1 Å². The van der Waals surface area contributed by atoms with Crippen LogP contribution in [0.5, 0.6) is 5.75 Å². The van der Waals surface area contributed by atoms with Gasteiger partial charge in [0.15, 0.2) is 5.58 Å². The number of phenolic OH excluding ortho intramolecular Hbond substituents is 1.